The molecule has 1 amide bonds. The van der Waals surface area contributed by atoms with Crippen LogP contribution in [0, 0.1) is 16.7 Å². The van der Waals surface area contributed by atoms with Crippen molar-refractivity contribution in [3.8, 4) is 17.6 Å². The first kappa shape index (κ1) is 15.2. The highest BCUT2D eigenvalue weighted by atomic mass is 16.5. The Bertz CT molecular complexity index is 569. The number of benzene rings is 1. The van der Waals surface area contributed by atoms with Crippen molar-refractivity contribution >= 4 is 5.91 Å². The first-order valence-corrected chi connectivity index (χ1v) is 6.95. The lowest BCUT2D eigenvalue weighted by molar-refractivity contribution is 0.0658. The van der Waals surface area contributed by atoms with Crippen LogP contribution in [0.1, 0.15) is 30.1 Å². The molecule has 0 aromatic heterocycles. The zero-order chi connectivity index (χ0) is 15.5. The number of likely N-dealkylation sites (tertiary alicyclic amines) is 1. The Kier molecular flexibility index (Phi) is 4.37. The minimum absolute atomic E-state index is 0.0607. The van der Waals surface area contributed by atoms with Crippen molar-refractivity contribution in [2.75, 3.05) is 27.3 Å². The average molecular weight is 288 g/mol. The summed E-state index contributed by atoms with van der Waals surface area (Å²) in [5, 5.41) is 9.14. The van der Waals surface area contributed by atoms with Gasteiger partial charge in [-0.05, 0) is 31.9 Å². The molecular weight excluding hydrogens is 268 g/mol. The largest absolute Gasteiger partial charge is 0.497 e. The van der Waals surface area contributed by atoms with Gasteiger partial charge < -0.3 is 14.4 Å². The summed E-state index contributed by atoms with van der Waals surface area (Å²) >= 11 is 0. The zero-order valence-corrected chi connectivity index (χ0v) is 12.7. The fourth-order valence-corrected chi connectivity index (χ4v) is 2.46. The molecule has 1 fully saturated rings. The number of hydrogen-bond donors (Lipinski definition) is 0. The molecule has 112 valence electrons. The fourth-order valence-electron chi connectivity index (χ4n) is 2.46. The molecule has 1 aromatic carbocycles. The number of nitriles is 1. The topological polar surface area (TPSA) is 62.6 Å². The smallest absolute Gasteiger partial charge is 0.257 e. The van der Waals surface area contributed by atoms with Crippen LogP contribution in [0.3, 0.4) is 0 Å². The van der Waals surface area contributed by atoms with E-state index in [9.17, 15) is 4.79 Å². The molecule has 5 nitrogen and oxygen atoms in total. The van der Waals surface area contributed by atoms with Crippen LogP contribution in [0.5, 0.6) is 11.5 Å². The van der Waals surface area contributed by atoms with Gasteiger partial charge in [0.1, 0.15) is 11.5 Å². The fraction of sp³-hybridized carbons (Fsp3) is 0.500. The summed E-state index contributed by atoms with van der Waals surface area (Å²) in [5.41, 5.74) is 0.208. The molecule has 0 N–H and O–H groups in total. The third-order valence-corrected chi connectivity index (χ3v) is 4.06. The number of nitrogens with zero attached hydrogens (tertiary/aromatic N) is 2. The Balaban J connectivity index is 2.16. The van der Waals surface area contributed by atoms with Gasteiger partial charge in [-0.1, -0.05) is 0 Å². The first-order chi connectivity index (χ1) is 10.0. The second-order valence-corrected chi connectivity index (χ2v) is 5.53. The Morgan fingerprint density at radius 3 is 2.48 bits per heavy atom. The predicted molar refractivity (Wildman–Crippen MR) is 78.4 cm³/mol. The van der Waals surface area contributed by atoms with Crippen molar-refractivity contribution in [3.05, 3.63) is 23.8 Å². The van der Waals surface area contributed by atoms with Crippen LogP contribution in [0.15, 0.2) is 18.2 Å². The summed E-state index contributed by atoms with van der Waals surface area (Å²) in [7, 11) is 3.11. The third-order valence-electron chi connectivity index (χ3n) is 4.06. The molecule has 1 aromatic rings. The molecule has 1 saturated heterocycles. The minimum atomic E-state index is -0.319. The second kappa shape index (κ2) is 6.04. The molecule has 2 rings (SSSR count). The van der Waals surface area contributed by atoms with Gasteiger partial charge in [-0.25, -0.2) is 0 Å². The zero-order valence-electron chi connectivity index (χ0n) is 12.7. The average Bonchev–Trinajstić information content (AvgIpc) is 2.54. The lowest BCUT2D eigenvalue weighted by Crippen LogP contribution is -2.41. The van der Waals surface area contributed by atoms with Crippen molar-refractivity contribution in [1.29, 1.82) is 5.26 Å². The number of amides is 1. The van der Waals surface area contributed by atoms with Gasteiger partial charge in [0, 0.05) is 19.2 Å². The van der Waals surface area contributed by atoms with E-state index in [0.717, 1.165) is 0 Å². The van der Waals surface area contributed by atoms with Crippen molar-refractivity contribution < 1.29 is 14.3 Å². The van der Waals surface area contributed by atoms with Gasteiger partial charge in [0.25, 0.3) is 5.91 Å². The van der Waals surface area contributed by atoms with Gasteiger partial charge in [0.2, 0.25) is 0 Å². The monoisotopic (exact) mass is 288 g/mol. The van der Waals surface area contributed by atoms with Crippen LogP contribution in [-0.2, 0) is 0 Å². The number of hydrogen-bond acceptors (Lipinski definition) is 4. The van der Waals surface area contributed by atoms with Gasteiger partial charge in [0.15, 0.2) is 0 Å². The van der Waals surface area contributed by atoms with E-state index < -0.39 is 0 Å². The molecule has 1 aliphatic rings. The maximum Gasteiger partial charge on any atom is 0.257 e. The van der Waals surface area contributed by atoms with Crippen LogP contribution in [0.25, 0.3) is 0 Å². The molecular formula is C16H20N2O3. The molecule has 0 radical (unpaired) electrons. The summed E-state index contributed by atoms with van der Waals surface area (Å²) in [6.45, 7) is 3.14. The standard InChI is InChI=1S/C16H20N2O3/c1-16(11-17)6-8-18(9-7-16)15(19)13-5-4-12(20-2)10-14(13)21-3/h4-5,10H,6-9H2,1-3H3. The number of methoxy groups -OCH3 is 2. The summed E-state index contributed by atoms with van der Waals surface area (Å²) < 4.78 is 10.4. The molecule has 5 heteroatoms. The van der Waals surface area contributed by atoms with E-state index in [1.165, 1.54) is 7.11 Å². The van der Waals surface area contributed by atoms with Crippen LogP contribution < -0.4 is 9.47 Å². The highest BCUT2D eigenvalue weighted by Gasteiger charge is 2.32. The highest BCUT2D eigenvalue weighted by Crippen LogP contribution is 2.32. The summed E-state index contributed by atoms with van der Waals surface area (Å²) in [6.07, 6.45) is 1.40. The van der Waals surface area contributed by atoms with Gasteiger partial charge in [0.05, 0.1) is 31.3 Å². The summed E-state index contributed by atoms with van der Waals surface area (Å²) in [6, 6.07) is 7.51. The highest BCUT2D eigenvalue weighted by molar-refractivity contribution is 5.97. The molecule has 21 heavy (non-hydrogen) atoms. The predicted octanol–water partition coefficient (Wildman–Crippen LogP) is 2.47. The molecule has 0 spiro atoms. The van der Waals surface area contributed by atoms with Crippen molar-refractivity contribution in [2.24, 2.45) is 5.41 Å². The molecule has 1 aliphatic heterocycles. The molecule has 0 aliphatic carbocycles. The molecule has 0 bridgehead atoms. The van der Waals surface area contributed by atoms with Crippen molar-refractivity contribution in [2.45, 2.75) is 19.8 Å². The number of carbonyl (C=O) groups is 1. The van der Waals surface area contributed by atoms with Crippen LogP contribution in [0.2, 0.25) is 0 Å². The number of piperidine rings is 1. The number of rotatable bonds is 3. The molecule has 0 atom stereocenters. The van der Waals surface area contributed by atoms with E-state index in [0.29, 0.717) is 43.0 Å². The number of carbonyl (C=O) groups excluding carboxylic acids is 1. The minimum Gasteiger partial charge on any atom is -0.497 e. The van der Waals surface area contributed by atoms with Crippen LogP contribution in [0.4, 0.5) is 0 Å². The lowest BCUT2D eigenvalue weighted by Gasteiger charge is -2.35. The van der Waals surface area contributed by atoms with E-state index in [1.54, 1.807) is 30.2 Å². The van der Waals surface area contributed by atoms with Crippen LogP contribution >= 0.6 is 0 Å². The van der Waals surface area contributed by atoms with E-state index in [4.69, 9.17) is 14.7 Å². The van der Waals surface area contributed by atoms with Gasteiger partial charge >= 0.3 is 0 Å². The first-order valence-electron chi connectivity index (χ1n) is 6.95. The number of ether oxygens (including phenoxy) is 2. The maximum absolute atomic E-state index is 12.6. The van der Waals surface area contributed by atoms with E-state index in [2.05, 4.69) is 6.07 Å². The maximum atomic E-state index is 12.6. The normalized spacial score (nSPS) is 17.0. The van der Waals surface area contributed by atoms with Crippen LogP contribution in [-0.4, -0.2) is 38.1 Å². The third kappa shape index (κ3) is 3.10. The molecule has 0 saturated carbocycles. The van der Waals surface area contributed by atoms with Gasteiger partial charge in [-0.2, -0.15) is 5.26 Å². The lowest BCUT2D eigenvalue weighted by atomic mass is 9.82. The Morgan fingerprint density at radius 1 is 1.29 bits per heavy atom. The second-order valence-electron chi connectivity index (χ2n) is 5.53. The summed E-state index contributed by atoms with van der Waals surface area (Å²) in [4.78, 5) is 14.4. The van der Waals surface area contributed by atoms with E-state index in [-0.39, 0.29) is 11.3 Å². The van der Waals surface area contributed by atoms with Gasteiger partial charge in [-0.3, -0.25) is 4.79 Å². The van der Waals surface area contributed by atoms with Gasteiger partial charge in [-0.15, -0.1) is 0 Å². The Hall–Kier alpha value is -2.22. The SMILES string of the molecule is COc1ccc(C(=O)N2CCC(C)(C#N)CC2)c(OC)c1. The molecule has 1 heterocycles. The molecule has 0 unspecified atom stereocenters. The van der Waals surface area contributed by atoms with E-state index in [1.807, 2.05) is 6.92 Å². The summed E-state index contributed by atoms with van der Waals surface area (Å²) in [5.74, 6) is 1.10. The Morgan fingerprint density at radius 2 is 1.95 bits per heavy atom. The Labute approximate surface area is 125 Å². The van der Waals surface area contributed by atoms with E-state index >= 15 is 0 Å². The van der Waals surface area contributed by atoms with Crippen molar-refractivity contribution in [1.82, 2.24) is 4.90 Å². The quantitative estimate of drug-likeness (QED) is 0.857. The van der Waals surface area contributed by atoms with Crippen molar-refractivity contribution in [3.63, 3.8) is 0 Å².